The van der Waals surface area contributed by atoms with Gasteiger partial charge in [0.15, 0.2) is 17.6 Å². The van der Waals surface area contributed by atoms with Gasteiger partial charge in [-0.25, -0.2) is 13.8 Å². The Morgan fingerprint density at radius 1 is 0.724 bits per heavy atom. The van der Waals surface area contributed by atoms with Crippen LogP contribution in [0.25, 0.3) is 0 Å². The predicted octanol–water partition coefficient (Wildman–Crippen LogP) is 5.11. The van der Waals surface area contributed by atoms with Gasteiger partial charge in [0.05, 0.1) is 18.6 Å². The van der Waals surface area contributed by atoms with Crippen molar-refractivity contribution in [3.8, 4) is 0 Å². The molecule has 148 valence electrons. The van der Waals surface area contributed by atoms with Gasteiger partial charge in [-0.15, -0.1) is 0 Å². The number of nitrogens with zero attached hydrogens (tertiary/aromatic N) is 1. The van der Waals surface area contributed by atoms with Crippen LogP contribution in [0.5, 0.6) is 0 Å². The highest BCUT2D eigenvalue weighted by Crippen LogP contribution is 2.32. The number of benzene rings is 3. The van der Waals surface area contributed by atoms with Gasteiger partial charge in [0.1, 0.15) is 0 Å². The summed E-state index contributed by atoms with van der Waals surface area (Å²) in [4.78, 5) is 4.56. The van der Waals surface area contributed by atoms with E-state index in [1.165, 1.54) is 17.2 Å². The average molecular weight is 391 g/mol. The molecule has 1 fully saturated rings. The van der Waals surface area contributed by atoms with Crippen LogP contribution in [0.15, 0.2) is 71.7 Å². The molecule has 1 saturated heterocycles. The molecule has 4 rings (SSSR count). The van der Waals surface area contributed by atoms with Gasteiger partial charge in [-0.3, -0.25) is 0 Å². The lowest BCUT2D eigenvalue weighted by atomic mass is 9.94. The maximum atomic E-state index is 13.5. The van der Waals surface area contributed by atoms with E-state index >= 15 is 0 Å². The Morgan fingerprint density at radius 3 is 1.72 bits per heavy atom. The summed E-state index contributed by atoms with van der Waals surface area (Å²) in [5.41, 5.74) is 5.35. The molecule has 3 aromatic rings. The maximum absolute atomic E-state index is 13.5. The Morgan fingerprint density at radius 2 is 1.24 bits per heavy atom. The fraction of sp³-hybridized carbons (Fsp3) is 0.208. The Labute approximate surface area is 169 Å². The molecule has 2 N–H and O–H groups in total. The summed E-state index contributed by atoms with van der Waals surface area (Å²) in [6.45, 7) is 4.39. The molecule has 2 unspecified atom stereocenters. The molecule has 3 aromatic carbocycles. The van der Waals surface area contributed by atoms with Crippen molar-refractivity contribution in [3.05, 3.63) is 106 Å². The lowest BCUT2D eigenvalue weighted by molar-refractivity contribution is 0.507. The molecule has 0 aromatic heterocycles. The number of hydrogen-bond acceptors (Lipinski definition) is 1. The summed E-state index contributed by atoms with van der Waals surface area (Å²) in [5, 5.41) is 6.91. The van der Waals surface area contributed by atoms with Crippen molar-refractivity contribution in [1.82, 2.24) is 10.6 Å². The Hall–Kier alpha value is -3.21. The highest BCUT2D eigenvalue weighted by atomic mass is 19.2. The van der Waals surface area contributed by atoms with Gasteiger partial charge in [0.25, 0.3) is 0 Å². The van der Waals surface area contributed by atoms with E-state index in [0.717, 1.165) is 17.2 Å². The van der Waals surface area contributed by atoms with Crippen molar-refractivity contribution >= 4 is 5.96 Å². The van der Waals surface area contributed by atoms with Crippen LogP contribution in [-0.2, 0) is 6.54 Å². The molecular formula is C24H23F2N3. The summed E-state index contributed by atoms with van der Waals surface area (Å²) in [6, 6.07) is 20.8. The SMILES string of the molecule is Cc1ccc(C2NC(=NCc3ccc(F)c(F)c3)NC2c2ccc(C)cc2)cc1. The monoisotopic (exact) mass is 391 g/mol. The molecule has 0 bridgehead atoms. The molecule has 0 aliphatic carbocycles. The molecule has 5 heteroatoms. The van der Waals surface area contributed by atoms with E-state index in [4.69, 9.17) is 0 Å². The predicted molar refractivity (Wildman–Crippen MR) is 112 cm³/mol. The van der Waals surface area contributed by atoms with Gasteiger partial charge in [0, 0.05) is 0 Å². The van der Waals surface area contributed by atoms with E-state index in [1.54, 1.807) is 6.07 Å². The molecule has 1 aliphatic rings. The lowest BCUT2D eigenvalue weighted by Crippen LogP contribution is -2.25. The van der Waals surface area contributed by atoms with Crippen molar-refractivity contribution in [3.63, 3.8) is 0 Å². The van der Waals surface area contributed by atoms with Crippen LogP contribution in [0, 0.1) is 25.5 Å². The minimum atomic E-state index is -0.856. The number of hydrogen-bond donors (Lipinski definition) is 2. The average Bonchev–Trinajstić information content (AvgIpc) is 3.14. The van der Waals surface area contributed by atoms with Crippen molar-refractivity contribution in [2.24, 2.45) is 4.99 Å². The molecule has 29 heavy (non-hydrogen) atoms. The Balaban J connectivity index is 1.60. The van der Waals surface area contributed by atoms with E-state index < -0.39 is 11.6 Å². The second-order valence-electron chi connectivity index (χ2n) is 7.48. The van der Waals surface area contributed by atoms with Crippen LogP contribution in [0.1, 0.15) is 39.9 Å². The molecule has 1 heterocycles. The third-order valence-corrected chi connectivity index (χ3v) is 5.19. The Kier molecular flexibility index (Phi) is 5.30. The van der Waals surface area contributed by atoms with Crippen molar-refractivity contribution in [2.45, 2.75) is 32.5 Å². The van der Waals surface area contributed by atoms with Gasteiger partial charge < -0.3 is 10.6 Å². The number of guanidine groups is 1. The van der Waals surface area contributed by atoms with Crippen molar-refractivity contribution in [1.29, 1.82) is 0 Å². The molecule has 3 nitrogen and oxygen atoms in total. The third kappa shape index (κ3) is 4.29. The summed E-state index contributed by atoms with van der Waals surface area (Å²) >= 11 is 0. The van der Waals surface area contributed by atoms with Gasteiger partial charge in [0.2, 0.25) is 0 Å². The highest BCUT2D eigenvalue weighted by Gasteiger charge is 2.32. The number of halogens is 2. The van der Waals surface area contributed by atoms with Crippen LogP contribution < -0.4 is 10.6 Å². The first-order valence-electron chi connectivity index (χ1n) is 9.64. The van der Waals surface area contributed by atoms with Crippen molar-refractivity contribution in [2.75, 3.05) is 0 Å². The molecule has 0 saturated carbocycles. The van der Waals surface area contributed by atoms with Crippen LogP contribution in [0.4, 0.5) is 8.78 Å². The maximum Gasteiger partial charge on any atom is 0.192 e. The number of nitrogens with one attached hydrogen (secondary N) is 2. The molecule has 0 amide bonds. The number of rotatable bonds is 4. The van der Waals surface area contributed by atoms with Crippen LogP contribution in [0.2, 0.25) is 0 Å². The van der Waals surface area contributed by atoms with E-state index in [2.05, 4.69) is 78.0 Å². The van der Waals surface area contributed by atoms with Crippen LogP contribution >= 0.6 is 0 Å². The molecule has 0 spiro atoms. The van der Waals surface area contributed by atoms with Crippen molar-refractivity contribution < 1.29 is 8.78 Å². The van der Waals surface area contributed by atoms with E-state index in [-0.39, 0.29) is 18.6 Å². The molecule has 2 atom stereocenters. The summed E-state index contributed by atoms with van der Waals surface area (Å²) in [6.07, 6.45) is 0. The van der Waals surface area contributed by atoms with Gasteiger partial charge in [-0.1, -0.05) is 65.7 Å². The minimum absolute atomic E-state index is 0.0158. The quantitative estimate of drug-likeness (QED) is 0.648. The van der Waals surface area contributed by atoms with Gasteiger partial charge in [-0.05, 0) is 42.7 Å². The van der Waals surface area contributed by atoms with Crippen LogP contribution in [0.3, 0.4) is 0 Å². The second-order valence-corrected chi connectivity index (χ2v) is 7.48. The first-order valence-corrected chi connectivity index (χ1v) is 9.64. The van der Waals surface area contributed by atoms with E-state index in [0.29, 0.717) is 11.5 Å². The summed E-state index contributed by atoms with van der Waals surface area (Å²) in [5.74, 6) is -1.06. The zero-order valence-corrected chi connectivity index (χ0v) is 16.4. The van der Waals surface area contributed by atoms with E-state index in [9.17, 15) is 8.78 Å². The van der Waals surface area contributed by atoms with Gasteiger partial charge >= 0.3 is 0 Å². The fourth-order valence-electron chi connectivity index (χ4n) is 3.50. The third-order valence-electron chi connectivity index (χ3n) is 5.19. The second kappa shape index (κ2) is 8.03. The standard InChI is InChI=1S/C24H23F2N3/c1-15-3-8-18(9-4-15)22-23(19-10-5-16(2)6-11-19)29-24(28-22)27-14-17-7-12-20(25)21(26)13-17/h3-13,22-23H,14H2,1-2H3,(H2,27,28,29). The lowest BCUT2D eigenvalue weighted by Gasteiger charge is -2.20. The first-order chi connectivity index (χ1) is 14.0. The minimum Gasteiger partial charge on any atom is -0.347 e. The van der Waals surface area contributed by atoms with E-state index in [1.807, 2.05) is 0 Å². The smallest absolute Gasteiger partial charge is 0.192 e. The fourth-order valence-corrected chi connectivity index (χ4v) is 3.50. The number of aliphatic imine (C=N–C) groups is 1. The normalized spacial score (nSPS) is 18.3. The summed E-state index contributed by atoms with van der Waals surface area (Å²) in [7, 11) is 0. The zero-order chi connectivity index (χ0) is 20.4. The van der Waals surface area contributed by atoms with Crippen LogP contribution in [-0.4, -0.2) is 5.96 Å². The largest absolute Gasteiger partial charge is 0.347 e. The highest BCUT2D eigenvalue weighted by molar-refractivity contribution is 5.83. The molecule has 1 aliphatic heterocycles. The summed E-state index contributed by atoms with van der Waals surface area (Å²) < 4.78 is 26.6. The van der Waals surface area contributed by atoms with Gasteiger partial charge in [-0.2, -0.15) is 0 Å². The number of aryl methyl sites for hydroxylation is 2. The molecule has 0 radical (unpaired) electrons. The molecular weight excluding hydrogens is 368 g/mol. The first kappa shape index (κ1) is 19.1. The Bertz CT molecular complexity index is 971. The topological polar surface area (TPSA) is 36.4 Å². The zero-order valence-electron chi connectivity index (χ0n) is 16.4.